The molecular weight excluding hydrogens is 1640 g/mol. The molecule has 0 fully saturated rings. The summed E-state index contributed by atoms with van der Waals surface area (Å²) >= 11 is 0. The van der Waals surface area contributed by atoms with Crippen LogP contribution in [0.4, 0.5) is 0 Å². The molecule has 134 heavy (non-hydrogen) atoms. The van der Waals surface area contributed by atoms with Gasteiger partial charge in [-0.3, -0.25) is 13.7 Å². The Balaban J connectivity index is 0.000000101. The quantitative estimate of drug-likeness (QED) is 0.113. The summed E-state index contributed by atoms with van der Waals surface area (Å²) in [5.41, 5.74) is 24.6. The van der Waals surface area contributed by atoms with Crippen LogP contribution in [0.2, 0.25) is 0 Å². The standard InChI is InChI=1S/C46H27N3O.C40H23N3O.C36H21N3O/c1-2-12-28(13-3-1)29-22-24-31(25-23-29)42-46(48-43-32-15-5-4-14-30(32)26-27-37(43)47-42)49-38-20-10-8-18-35(38)40-33-16-6-7-17-34(33)41-36-19-9-11-21-39(36)50-45(41)44(40)49;1-2-12-24(13-3-1)37-40(42-32-23-26-15-5-4-14-25(26)22-31(32)41-37)43-33-20-10-8-18-29(33)35-27-16-6-7-17-28(27)36-30-19-9-11-21-34(30)44-39(36)38(35)43;1-2-10-22(11-3-1)27-18-19-29-28(37-27)20-21-32(38-29)39-30-16-8-6-14-25(30)33-23-12-4-5-13-24(23)34-26-15-7-9-17-31(26)40-36(34)35(33)39/h1-27H;1-23H;1-21H. The molecule has 0 N–H and O–H groups in total. The van der Waals surface area contributed by atoms with Crippen LogP contribution in [0.5, 0.6) is 0 Å². The molecule has 12 nitrogen and oxygen atoms in total. The van der Waals surface area contributed by atoms with Gasteiger partial charge < -0.3 is 13.3 Å². The second kappa shape index (κ2) is 29.7. The van der Waals surface area contributed by atoms with E-state index in [1.54, 1.807) is 0 Å². The molecule has 0 saturated carbocycles. The molecule has 0 aliphatic rings. The average molecular weight is 1710 g/mol. The van der Waals surface area contributed by atoms with Crippen molar-refractivity contribution in [3.63, 3.8) is 0 Å². The van der Waals surface area contributed by atoms with Crippen LogP contribution in [-0.2, 0) is 0 Å². The van der Waals surface area contributed by atoms with Crippen molar-refractivity contribution in [2.75, 3.05) is 0 Å². The highest BCUT2D eigenvalue weighted by Gasteiger charge is 2.31. The summed E-state index contributed by atoms with van der Waals surface area (Å²) in [7, 11) is 0. The van der Waals surface area contributed by atoms with Crippen LogP contribution in [0.3, 0.4) is 0 Å². The van der Waals surface area contributed by atoms with E-state index in [2.05, 4.69) is 384 Å². The monoisotopic (exact) mass is 1710 g/mol. The van der Waals surface area contributed by atoms with Gasteiger partial charge in [0, 0.05) is 86.7 Å². The first kappa shape index (κ1) is 74.8. The fraction of sp³-hybridized carbons (Fsp3) is 0. The Labute approximate surface area is 763 Å². The first-order valence-corrected chi connectivity index (χ1v) is 45.2. The van der Waals surface area contributed by atoms with Gasteiger partial charge in [-0.1, -0.05) is 352 Å². The zero-order valence-electron chi connectivity index (χ0n) is 71.7. The van der Waals surface area contributed by atoms with Gasteiger partial charge in [0.15, 0.2) is 28.4 Å². The molecule has 0 unspecified atom stereocenters. The Bertz CT molecular complexity index is 10200. The summed E-state index contributed by atoms with van der Waals surface area (Å²) in [6.07, 6.45) is 0. The lowest BCUT2D eigenvalue weighted by molar-refractivity contribution is 0.671. The van der Waals surface area contributed by atoms with Crippen molar-refractivity contribution in [1.29, 1.82) is 0 Å². The molecule has 0 bridgehead atoms. The molecule has 30 aromatic rings. The SMILES string of the molecule is c1ccc(-c2ccc(-c3nc4ccc5ccccc5c4nc3-n3c4ccccc4c4c5ccccc5c5c6ccccc6oc5c43)cc2)cc1.c1ccc(-c2ccc3nc(-n4c5ccccc5c5c6ccccc6c6c7ccccc7oc6c54)ccc3n2)cc1.c1ccc(-c2nc3cc4ccccc4cc3nc2-n2c3ccccc3c3c4ccccc4c4c5ccccc5oc4c32)cc1. The second-order valence-corrected chi connectivity index (χ2v) is 34.5. The molecule has 10 aromatic heterocycles. The number of furan rings is 3. The average Bonchev–Trinajstić information content (AvgIpc) is 1.54. The minimum absolute atomic E-state index is 0.768. The van der Waals surface area contributed by atoms with E-state index in [0.29, 0.717) is 0 Å². The number of nitrogens with zero attached hydrogens (tertiary/aromatic N) is 9. The van der Waals surface area contributed by atoms with Gasteiger partial charge >= 0.3 is 0 Å². The summed E-state index contributed by atoms with van der Waals surface area (Å²) in [5.74, 6) is 2.39. The first-order chi connectivity index (χ1) is 66.5. The third-order valence-corrected chi connectivity index (χ3v) is 27.1. The fourth-order valence-corrected chi connectivity index (χ4v) is 21.2. The maximum Gasteiger partial charge on any atom is 0.165 e. The smallest absolute Gasteiger partial charge is 0.165 e. The first-order valence-electron chi connectivity index (χ1n) is 45.2. The van der Waals surface area contributed by atoms with Gasteiger partial charge in [0.2, 0.25) is 0 Å². The van der Waals surface area contributed by atoms with Crippen LogP contribution >= 0.6 is 0 Å². The van der Waals surface area contributed by atoms with Gasteiger partial charge in [-0.15, -0.1) is 0 Å². The molecule has 30 rings (SSSR count). The number of aromatic nitrogens is 9. The number of hydrogen-bond acceptors (Lipinski definition) is 9. The van der Waals surface area contributed by atoms with E-state index in [1.165, 1.54) is 48.7 Å². The summed E-state index contributed by atoms with van der Waals surface area (Å²) < 4.78 is 27.2. The van der Waals surface area contributed by atoms with Crippen molar-refractivity contribution < 1.29 is 13.3 Å². The number of para-hydroxylation sites is 6. The predicted molar refractivity (Wildman–Crippen MR) is 553 cm³/mol. The molecule has 20 aromatic carbocycles. The van der Waals surface area contributed by atoms with Crippen molar-refractivity contribution in [2.45, 2.75) is 0 Å². The minimum Gasteiger partial charge on any atom is -0.454 e. The lowest BCUT2D eigenvalue weighted by Gasteiger charge is -2.15. The molecular formula is C122H71N9O3. The number of rotatable bonds is 7. The molecule has 0 aliphatic heterocycles. The van der Waals surface area contributed by atoms with Crippen LogP contribution in [0, 0.1) is 0 Å². The van der Waals surface area contributed by atoms with Gasteiger partial charge in [0.25, 0.3) is 0 Å². The van der Waals surface area contributed by atoms with E-state index in [-0.39, 0.29) is 0 Å². The molecule has 0 spiro atoms. The molecule has 622 valence electrons. The highest BCUT2D eigenvalue weighted by Crippen LogP contribution is 2.52. The van der Waals surface area contributed by atoms with Crippen molar-refractivity contribution in [3.05, 3.63) is 431 Å². The van der Waals surface area contributed by atoms with E-state index in [4.69, 9.17) is 43.2 Å². The molecule has 0 saturated heterocycles. The third kappa shape index (κ3) is 11.4. The minimum atomic E-state index is 0.768. The van der Waals surface area contributed by atoms with Crippen molar-refractivity contribution >= 4 is 218 Å². The highest BCUT2D eigenvalue weighted by atomic mass is 16.3. The normalized spacial score (nSPS) is 12.0. The second-order valence-electron chi connectivity index (χ2n) is 34.5. The summed E-state index contributed by atoms with van der Waals surface area (Å²) in [4.78, 5) is 31.9. The summed E-state index contributed by atoms with van der Waals surface area (Å²) in [6, 6.07) is 150. The van der Waals surface area contributed by atoms with Gasteiger partial charge in [0.1, 0.15) is 34.0 Å². The van der Waals surface area contributed by atoms with Crippen LogP contribution in [0.15, 0.2) is 444 Å². The lowest BCUT2D eigenvalue weighted by atomic mass is 9.99. The van der Waals surface area contributed by atoms with Crippen LogP contribution in [0.25, 0.3) is 281 Å². The molecule has 0 aliphatic carbocycles. The van der Waals surface area contributed by atoms with E-state index in [0.717, 1.165) is 232 Å². The summed E-state index contributed by atoms with van der Waals surface area (Å²) in [6.45, 7) is 0. The maximum atomic E-state index is 6.86. The van der Waals surface area contributed by atoms with E-state index >= 15 is 0 Å². The largest absolute Gasteiger partial charge is 0.454 e. The molecule has 10 heterocycles. The van der Waals surface area contributed by atoms with Crippen molar-refractivity contribution in [3.8, 4) is 62.4 Å². The van der Waals surface area contributed by atoms with E-state index in [9.17, 15) is 0 Å². The Morgan fingerprint density at radius 2 is 0.515 bits per heavy atom. The lowest BCUT2D eigenvalue weighted by Crippen LogP contribution is -2.04. The number of benzene rings is 20. The Morgan fingerprint density at radius 3 is 1.01 bits per heavy atom. The van der Waals surface area contributed by atoms with E-state index < -0.39 is 0 Å². The zero-order chi connectivity index (χ0) is 87.7. The molecule has 12 heteroatoms. The Morgan fingerprint density at radius 1 is 0.187 bits per heavy atom. The fourth-order valence-electron chi connectivity index (χ4n) is 21.2. The van der Waals surface area contributed by atoms with Crippen molar-refractivity contribution in [1.82, 2.24) is 43.6 Å². The predicted octanol–water partition coefficient (Wildman–Crippen LogP) is 32.3. The van der Waals surface area contributed by atoms with Crippen LogP contribution < -0.4 is 0 Å². The van der Waals surface area contributed by atoms with Crippen molar-refractivity contribution in [2.24, 2.45) is 0 Å². The number of hydrogen-bond donors (Lipinski definition) is 0. The number of pyridine rings is 2. The molecule has 0 radical (unpaired) electrons. The van der Waals surface area contributed by atoms with Gasteiger partial charge in [-0.25, -0.2) is 29.9 Å². The third-order valence-electron chi connectivity index (χ3n) is 27.1. The summed E-state index contributed by atoms with van der Waals surface area (Å²) in [5, 5.41) is 25.3. The van der Waals surface area contributed by atoms with Crippen LogP contribution in [-0.4, -0.2) is 43.6 Å². The van der Waals surface area contributed by atoms with Gasteiger partial charge in [0.05, 0.1) is 71.9 Å². The number of fused-ring (bicyclic) bond motifs is 36. The highest BCUT2D eigenvalue weighted by molar-refractivity contribution is 6.38. The van der Waals surface area contributed by atoms with Gasteiger partial charge in [-0.2, -0.15) is 0 Å². The Kier molecular flexibility index (Phi) is 16.5. The molecule has 0 amide bonds. The Hall–Kier alpha value is -18.3. The molecule has 0 atom stereocenters. The van der Waals surface area contributed by atoms with E-state index in [1.807, 2.05) is 60.7 Å². The zero-order valence-corrected chi connectivity index (χ0v) is 71.7. The topological polar surface area (TPSA) is 132 Å². The van der Waals surface area contributed by atoms with Gasteiger partial charge in [-0.05, 0) is 138 Å². The maximum absolute atomic E-state index is 6.86. The van der Waals surface area contributed by atoms with Crippen LogP contribution in [0.1, 0.15) is 0 Å².